The Morgan fingerprint density at radius 2 is 2.18 bits per heavy atom. The summed E-state index contributed by atoms with van der Waals surface area (Å²) in [6.45, 7) is 0. The van der Waals surface area contributed by atoms with Crippen LogP contribution in [0, 0.1) is 0 Å². The molecule has 0 atom stereocenters. The van der Waals surface area contributed by atoms with Crippen molar-refractivity contribution >= 4 is 41.2 Å². The van der Waals surface area contributed by atoms with Crippen LogP contribution in [0.15, 0.2) is 0 Å². The van der Waals surface area contributed by atoms with Gasteiger partial charge in [0.05, 0.1) is 5.75 Å². The molecule has 0 aliphatic heterocycles. The predicted octanol–water partition coefficient (Wildman–Crippen LogP) is 0.721. The third kappa shape index (κ3) is 8.39. The van der Waals surface area contributed by atoms with Gasteiger partial charge in [0.25, 0.3) is 0 Å². The van der Waals surface area contributed by atoms with Crippen LogP contribution in [0.1, 0.15) is 0 Å². The monoisotopic (exact) mass is 212 g/mol. The van der Waals surface area contributed by atoms with E-state index in [9.17, 15) is 4.79 Å². The van der Waals surface area contributed by atoms with Crippen LogP contribution in [-0.4, -0.2) is 28.1 Å². The average Bonchev–Trinajstić information content (AvgIpc) is 2.04. The molecule has 0 radical (unpaired) electrons. The van der Waals surface area contributed by atoms with Gasteiger partial charge in [-0.05, 0) is 6.26 Å². The fraction of sp³-hybridized carbons (Fsp3) is 0.800. The van der Waals surface area contributed by atoms with Gasteiger partial charge in [0.1, 0.15) is 0 Å². The van der Waals surface area contributed by atoms with E-state index in [2.05, 4.69) is 11.7 Å². The zero-order valence-corrected chi connectivity index (χ0v) is 8.78. The summed E-state index contributed by atoms with van der Waals surface area (Å²) in [4.78, 5) is 10.6. The molecule has 1 amide bonds. The molecule has 0 rings (SSSR count). The fourth-order valence-electron chi connectivity index (χ4n) is 0.352. The van der Waals surface area contributed by atoms with Crippen LogP contribution in [0.25, 0.3) is 0 Å². The number of hydrogen-bond acceptors (Lipinski definition) is 5. The molecule has 11 heavy (non-hydrogen) atoms. The van der Waals surface area contributed by atoms with Crippen molar-refractivity contribution in [3.05, 3.63) is 0 Å². The third-order valence-corrected chi connectivity index (χ3v) is 4.17. The summed E-state index contributed by atoms with van der Waals surface area (Å²) in [6, 6.07) is 0. The van der Waals surface area contributed by atoms with Crippen molar-refractivity contribution in [2.24, 2.45) is 5.84 Å². The van der Waals surface area contributed by atoms with Crippen molar-refractivity contribution in [1.29, 1.82) is 0 Å². The lowest BCUT2D eigenvalue weighted by molar-refractivity contribution is -0.118. The summed E-state index contributed by atoms with van der Waals surface area (Å²) in [6.07, 6.45) is 2.06. The van der Waals surface area contributed by atoms with Gasteiger partial charge in [0.15, 0.2) is 0 Å². The number of carbonyl (C=O) groups is 1. The van der Waals surface area contributed by atoms with Gasteiger partial charge in [0.2, 0.25) is 5.91 Å². The first kappa shape index (κ1) is 11.5. The van der Waals surface area contributed by atoms with E-state index >= 15 is 0 Å². The molecule has 0 aliphatic carbocycles. The molecule has 0 aromatic carbocycles. The predicted molar refractivity (Wildman–Crippen MR) is 55.6 cm³/mol. The molecule has 0 fully saturated rings. The van der Waals surface area contributed by atoms with E-state index in [0.717, 1.165) is 10.2 Å². The van der Waals surface area contributed by atoms with Crippen molar-refractivity contribution in [1.82, 2.24) is 5.43 Å². The molecule has 6 heteroatoms. The van der Waals surface area contributed by atoms with Crippen LogP contribution in [0.4, 0.5) is 0 Å². The maximum Gasteiger partial charge on any atom is 0.243 e. The van der Waals surface area contributed by atoms with E-state index in [-0.39, 0.29) is 5.91 Å². The Hall–Kier alpha value is 0.480. The molecule has 3 nitrogen and oxygen atoms in total. The van der Waals surface area contributed by atoms with Crippen molar-refractivity contribution < 1.29 is 4.79 Å². The van der Waals surface area contributed by atoms with E-state index in [4.69, 9.17) is 5.84 Å². The van der Waals surface area contributed by atoms with E-state index in [1.165, 1.54) is 0 Å². The lowest BCUT2D eigenvalue weighted by Gasteiger charge is -1.98. The summed E-state index contributed by atoms with van der Waals surface area (Å²) in [5.41, 5.74) is 2.08. The van der Waals surface area contributed by atoms with E-state index in [1.807, 2.05) is 11.8 Å². The molecule has 0 spiro atoms. The topological polar surface area (TPSA) is 55.1 Å². The minimum Gasteiger partial charge on any atom is -0.294 e. The minimum absolute atomic E-state index is 0.111. The van der Waals surface area contributed by atoms with Gasteiger partial charge in [0, 0.05) is 10.2 Å². The normalized spacial score (nSPS) is 9.64. The second-order valence-corrected chi connectivity index (χ2v) is 5.21. The lowest BCUT2D eigenvalue weighted by Crippen LogP contribution is -2.31. The smallest absolute Gasteiger partial charge is 0.243 e. The van der Waals surface area contributed by atoms with Crippen LogP contribution in [-0.2, 0) is 4.79 Å². The molecule has 0 aromatic heterocycles. The highest BCUT2D eigenvalue weighted by Gasteiger charge is 1.96. The standard InChI is InChI=1S/C5H12N2OS3/c1-9-3-11-4-10-2-5(8)7-6/h2-4,6H2,1H3,(H,7,8). The highest BCUT2D eigenvalue weighted by atomic mass is 32.2. The number of amides is 1. The van der Waals surface area contributed by atoms with Gasteiger partial charge in [-0.15, -0.1) is 23.5 Å². The quantitative estimate of drug-likeness (QED) is 0.223. The van der Waals surface area contributed by atoms with Crippen LogP contribution < -0.4 is 11.3 Å². The maximum absolute atomic E-state index is 10.6. The molecule has 0 unspecified atom stereocenters. The van der Waals surface area contributed by atoms with Gasteiger partial charge < -0.3 is 0 Å². The Morgan fingerprint density at radius 1 is 1.45 bits per heavy atom. The van der Waals surface area contributed by atoms with Crippen LogP contribution in [0.5, 0.6) is 0 Å². The van der Waals surface area contributed by atoms with Gasteiger partial charge in [-0.3, -0.25) is 10.2 Å². The van der Waals surface area contributed by atoms with Gasteiger partial charge >= 0.3 is 0 Å². The van der Waals surface area contributed by atoms with Crippen molar-refractivity contribution in [2.45, 2.75) is 0 Å². The Bertz CT molecular complexity index is 112. The van der Waals surface area contributed by atoms with Crippen molar-refractivity contribution in [3.8, 4) is 0 Å². The molecule has 0 aliphatic rings. The molecule has 0 aromatic rings. The Morgan fingerprint density at radius 3 is 2.73 bits per heavy atom. The first-order valence-electron chi connectivity index (χ1n) is 2.95. The third-order valence-electron chi connectivity index (χ3n) is 0.762. The molecule has 0 saturated heterocycles. The molecular weight excluding hydrogens is 200 g/mol. The summed E-state index contributed by atoms with van der Waals surface area (Å²) in [7, 11) is 0. The van der Waals surface area contributed by atoms with Crippen LogP contribution in [0.2, 0.25) is 0 Å². The number of carbonyl (C=O) groups excluding carboxylic acids is 1. The number of hydrazine groups is 1. The summed E-state index contributed by atoms with van der Waals surface area (Å²) in [5, 5.41) is 2.03. The summed E-state index contributed by atoms with van der Waals surface area (Å²) >= 11 is 5.18. The first-order valence-corrected chi connectivity index (χ1v) is 6.65. The highest BCUT2D eigenvalue weighted by molar-refractivity contribution is 8.22. The second-order valence-electron chi connectivity index (χ2n) is 1.64. The molecule has 0 heterocycles. The second kappa shape index (κ2) is 8.58. The summed E-state index contributed by atoms with van der Waals surface area (Å²) < 4.78 is 0. The Balaban J connectivity index is 2.95. The molecular formula is C5H12N2OS3. The molecule has 3 N–H and O–H groups in total. The molecule has 0 saturated carbocycles. The van der Waals surface area contributed by atoms with E-state index in [0.29, 0.717) is 5.75 Å². The number of hydrogen-bond donors (Lipinski definition) is 2. The zero-order valence-electron chi connectivity index (χ0n) is 6.33. The van der Waals surface area contributed by atoms with Crippen LogP contribution in [0.3, 0.4) is 0 Å². The summed E-state index contributed by atoms with van der Waals surface area (Å²) in [5.74, 6) is 5.23. The number of thioether (sulfide) groups is 3. The minimum atomic E-state index is -0.111. The number of nitrogens with two attached hydrogens (primary N) is 1. The Labute approximate surface area is 79.6 Å². The Kier molecular flexibility index (Phi) is 8.95. The molecule has 0 bridgehead atoms. The van der Waals surface area contributed by atoms with E-state index in [1.54, 1.807) is 23.5 Å². The van der Waals surface area contributed by atoms with Crippen molar-refractivity contribution in [2.75, 3.05) is 22.2 Å². The maximum atomic E-state index is 10.6. The number of rotatable bonds is 6. The zero-order chi connectivity index (χ0) is 8.53. The first-order chi connectivity index (χ1) is 5.31. The number of nitrogens with one attached hydrogen (secondary N) is 1. The van der Waals surface area contributed by atoms with Gasteiger partial charge in [-0.25, -0.2) is 5.84 Å². The van der Waals surface area contributed by atoms with E-state index < -0.39 is 0 Å². The van der Waals surface area contributed by atoms with Crippen LogP contribution >= 0.6 is 35.3 Å². The van der Waals surface area contributed by atoms with Gasteiger partial charge in [-0.1, -0.05) is 0 Å². The SMILES string of the molecule is CSCSCSCC(=O)NN. The lowest BCUT2D eigenvalue weighted by atomic mass is 10.8. The average molecular weight is 212 g/mol. The van der Waals surface area contributed by atoms with Gasteiger partial charge in [-0.2, -0.15) is 11.8 Å². The molecule has 66 valence electrons. The highest BCUT2D eigenvalue weighted by Crippen LogP contribution is 2.15. The fourth-order valence-corrected chi connectivity index (χ4v) is 2.98. The van der Waals surface area contributed by atoms with Crippen molar-refractivity contribution in [3.63, 3.8) is 0 Å². The largest absolute Gasteiger partial charge is 0.294 e.